The van der Waals surface area contributed by atoms with Crippen LogP contribution in [-0.2, 0) is 4.79 Å². The Morgan fingerprint density at radius 1 is 1.21 bits per heavy atom. The summed E-state index contributed by atoms with van der Waals surface area (Å²) in [5, 5.41) is 8.98. The molecule has 0 amide bonds. The molecule has 1 N–H and O–H groups in total. The Morgan fingerprint density at radius 2 is 1.84 bits per heavy atom. The predicted molar refractivity (Wildman–Crippen MR) is 64.8 cm³/mol. The molecule has 0 radical (unpaired) electrons. The van der Waals surface area contributed by atoms with E-state index in [1.807, 2.05) is 0 Å². The fourth-order valence-electron chi connectivity index (χ4n) is 2.29. The fraction of sp³-hybridized carbons (Fsp3) is 0.500. The molecular formula is C14H16F2O3. The van der Waals surface area contributed by atoms with Gasteiger partial charge in [-0.1, -0.05) is 6.92 Å². The van der Waals surface area contributed by atoms with Crippen LogP contribution in [-0.4, -0.2) is 11.1 Å². The summed E-state index contributed by atoms with van der Waals surface area (Å²) >= 11 is 0. The zero-order valence-electron chi connectivity index (χ0n) is 10.7. The van der Waals surface area contributed by atoms with E-state index in [2.05, 4.69) is 6.92 Å². The number of benzene rings is 1. The van der Waals surface area contributed by atoms with Crippen LogP contribution in [0.3, 0.4) is 0 Å². The second-order valence-electron chi connectivity index (χ2n) is 5.09. The Labute approximate surface area is 110 Å². The molecular weight excluding hydrogens is 254 g/mol. The molecule has 2 rings (SSSR count). The number of rotatable bonds is 2. The first-order valence-corrected chi connectivity index (χ1v) is 6.37. The van der Waals surface area contributed by atoms with Gasteiger partial charge in [0.05, 0.1) is 5.92 Å². The van der Waals surface area contributed by atoms with Crippen LogP contribution in [0, 0.1) is 23.5 Å². The van der Waals surface area contributed by atoms with Crippen molar-refractivity contribution in [1.29, 1.82) is 0 Å². The van der Waals surface area contributed by atoms with E-state index in [9.17, 15) is 13.6 Å². The van der Waals surface area contributed by atoms with Crippen LogP contribution in [0.15, 0.2) is 12.1 Å². The lowest BCUT2D eigenvalue weighted by molar-refractivity contribution is -0.140. The molecule has 0 saturated heterocycles. The number of phenols is 1. The van der Waals surface area contributed by atoms with Gasteiger partial charge in [-0.3, -0.25) is 4.79 Å². The van der Waals surface area contributed by atoms with Crippen LogP contribution in [0.25, 0.3) is 0 Å². The fourth-order valence-corrected chi connectivity index (χ4v) is 2.29. The lowest BCUT2D eigenvalue weighted by atomic mass is 9.83. The molecule has 1 aliphatic carbocycles. The standard InChI is InChI=1S/C14H16F2O3/c1-8-2-4-9(5-3-8)14(18)19-11-7-6-10(17)12(15)13(11)16/h6-9,17H,2-5H2,1H3. The number of hydrogen-bond donors (Lipinski definition) is 1. The van der Waals surface area contributed by atoms with Crippen molar-refractivity contribution in [3.8, 4) is 11.5 Å². The van der Waals surface area contributed by atoms with Gasteiger partial charge in [0, 0.05) is 0 Å². The number of phenolic OH excluding ortho intramolecular Hbond substituents is 1. The summed E-state index contributed by atoms with van der Waals surface area (Å²) in [5.41, 5.74) is 0. The second-order valence-corrected chi connectivity index (χ2v) is 5.09. The van der Waals surface area contributed by atoms with E-state index in [0.29, 0.717) is 18.8 Å². The van der Waals surface area contributed by atoms with Gasteiger partial charge >= 0.3 is 5.97 Å². The van der Waals surface area contributed by atoms with Gasteiger partial charge in [-0.25, -0.2) is 0 Å². The Balaban J connectivity index is 2.05. The monoisotopic (exact) mass is 270 g/mol. The highest BCUT2D eigenvalue weighted by Gasteiger charge is 2.27. The molecule has 0 aliphatic heterocycles. The van der Waals surface area contributed by atoms with Crippen LogP contribution in [0.5, 0.6) is 11.5 Å². The van der Waals surface area contributed by atoms with Crippen molar-refractivity contribution in [3.63, 3.8) is 0 Å². The van der Waals surface area contributed by atoms with Gasteiger partial charge in [0.2, 0.25) is 11.6 Å². The summed E-state index contributed by atoms with van der Waals surface area (Å²) in [6, 6.07) is 2.01. The number of hydrogen-bond acceptors (Lipinski definition) is 3. The molecule has 1 aromatic rings. The first-order chi connectivity index (χ1) is 8.99. The third kappa shape index (κ3) is 3.03. The molecule has 0 aromatic heterocycles. The summed E-state index contributed by atoms with van der Waals surface area (Å²) in [6.45, 7) is 2.12. The molecule has 19 heavy (non-hydrogen) atoms. The SMILES string of the molecule is CC1CCC(C(=O)Oc2ccc(O)c(F)c2F)CC1. The van der Waals surface area contributed by atoms with Crippen molar-refractivity contribution < 1.29 is 23.4 Å². The topological polar surface area (TPSA) is 46.5 Å². The zero-order valence-corrected chi connectivity index (χ0v) is 10.7. The van der Waals surface area contributed by atoms with Crippen molar-refractivity contribution in [1.82, 2.24) is 0 Å². The van der Waals surface area contributed by atoms with Crippen molar-refractivity contribution >= 4 is 5.97 Å². The van der Waals surface area contributed by atoms with Gasteiger partial charge in [-0.15, -0.1) is 0 Å². The highest BCUT2D eigenvalue weighted by atomic mass is 19.2. The Kier molecular flexibility index (Phi) is 4.02. The van der Waals surface area contributed by atoms with E-state index >= 15 is 0 Å². The number of esters is 1. The first kappa shape index (κ1) is 13.8. The van der Waals surface area contributed by atoms with Crippen molar-refractivity contribution in [3.05, 3.63) is 23.8 Å². The molecule has 0 atom stereocenters. The second kappa shape index (κ2) is 5.55. The van der Waals surface area contributed by atoms with Crippen LogP contribution < -0.4 is 4.74 Å². The largest absolute Gasteiger partial charge is 0.505 e. The van der Waals surface area contributed by atoms with E-state index in [4.69, 9.17) is 9.84 Å². The Morgan fingerprint density at radius 3 is 2.47 bits per heavy atom. The third-order valence-electron chi connectivity index (χ3n) is 3.59. The summed E-state index contributed by atoms with van der Waals surface area (Å²) in [6.07, 6.45) is 3.29. The Hall–Kier alpha value is -1.65. The number of aromatic hydroxyl groups is 1. The summed E-state index contributed by atoms with van der Waals surface area (Å²) < 4.78 is 31.4. The van der Waals surface area contributed by atoms with Crippen LogP contribution in [0.1, 0.15) is 32.6 Å². The van der Waals surface area contributed by atoms with E-state index < -0.39 is 29.1 Å². The number of carbonyl (C=O) groups is 1. The maximum atomic E-state index is 13.4. The quantitative estimate of drug-likeness (QED) is 0.661. The molecule has 0 bridgehead atoms. The summed E-state index contributed by atoms with van der Waals surface area (Å²) in [4.78, 5) is 11.8. The number of halogens is 2. The summed E-state index contributed by atoms with van der Waals surface area (Å²) in [5.74, 6) is -4.21. The lowest BCUT2D eigenvalue weighted by Crippen LogP contribution is -2.25. The van der Waals surface area contributed by atoms with Crippen LogP contribution >= 0.6 is 0 Å². The average Bonchev–Trinajstić information content (AvgIpc) is 2.40. The molecule has 3 nitrogen and oxygen atoms in total. The van der Waals surface area contributed by atoms with Gasteiger partial charge in [-0.05, 0) is 43.7 Å². The average molecular weight is 270 g/mol. The van der Waals surface area contributed by atoms with Crippen molar-refractivity contribution in [2.24, 2.45) is 11.8 Å². The van der Waals surface area contributed by atoms with E-state index in [1.165, 1.54) is 0 Å². The molecule has 104 valence electrons. The highest BCUT2D eigenvalue weighted by Crippen LogP contribution is 2.31. The minimum atomic E-state index is -1.40. The maximum absolute atomic E-state index is 13.4. The third-order valence-corrected chi connectivity index (χ3v) is 3.59. The van der Waals surface area contributed by atoms with Crippen LogP contribution in [0.4, 0.5) is 8.78 Å². The lowest BCUT2D eigenvalue weighted by Gasteiger charge is -2.24. The van der Waals surface area contributed by atoms with Gasteiger partial charge in [-0.2, -0.15) is 8.78 Å². The number of carbonyl (C=O) groups excluding carboxylic acids is 1. The minimum Gasteiger partial charge on any atom is -0.505 e. The molecule has 0 spiro atoms. The molecule has 1 saturated carbocycles. The predicted octanol–water partition coefficient (Wildman–Crippen LogP) is 3.40. The number of ether oxygens (including phenoxy) is 1. The molecule has 0 heterocycles. The smallest absolute Gasteiger partial charge is 0.314 e. The zero-order chi connectivity index (χ0) is 14.0. The van der Waals surface area contributed by atoms with Gasteiger partial charge in [0.15, 0.2) is 11.5 Å². The maximum Gasteiger partial charge on any atom is 0.314 e. The summed E-state index contributed by atoms with van der Waals surface area (Å²) in [7, 11) is 0. The van der Waals surface area contributed by atoms with E-state index in [1.54, 1.807) is 0 Å². The first-order valence-electron chi connectivity index (χ1n) is 6.37. The Bertz CT molecular complexity index is 480. The molecule has 5 heteroatoms. The van der Waals surface area contributed by atoms with Gasteiger partial charge in [0.25, 0.3) is 0 Å². The van der Waals surface area contributed by atoms with Crippen molar-refractivity contribution in [2.75, 3.05) is 0 Å². The molecule has 0 unspecified atom stereocenters. The molecule has 1 aromatic carbocycles. The normalized spacial score (nSPS) is 23.1. The molecule has 1 fully saturated rings. The van der Waals surface area contributed by atoms with E-state index in [-0.39, 0.29) is 5.92 Å². The van der Waals surface area contributed by atoms with Gasteiger partial charge < -0.3 is 9.84 Å². The van der Waals surface area contributed by atoms with E-state index in [0.717, 1.165) is 25.0 Å². The van der Waals surface area contributed by atoms with Crippen molar-refractivity contribution in [2.45, 2.75) is 32.6 Å². The van der Waals surface area contributed by atoms with Crippen LogP contribution in [0.2, 0.25) is 0 Å². The minimum absolute atomic E-state index is 0.257. The highest BCUT2D eigenvalue weighted by molar-refractivity contribution is 5.75. The van der Waals surface area contributed by atoms with Gasteiger partial charge in [0.1, 0.15) is 0 Å². The molecule has 1 aliphatic rings.